The van der Waals surface area contributed by atoms with Crippen molar-refractivity contribution >= 4 is 29.7 Å². The fourth-order valence-corrected chi connectivity index (χ4v) is 4.01. The molecule has 1 unspecified atom stereocenters. The van der Waals surface area contributed by atoms with Crippen LogP contribution in [0.25, 0.3) is 17.3 Å². The molecule has 4 N–H and O–H groups in total. The van der Waals surface area contributed by atoms with E-state index in [1.807, 2.05) is 13.0 Å². The number of imidazole rings is 1. The molecule has 0 fully saturated rings. The van der Waals surface area contributed by atoms with E-state index in [-0.39, 0.29) is 18.1 Å². The minimum atomic E-state index is -0.592. The van der Waals surface area contributed by atoms with E-state index in [1.54, 1.807) is 43.4 Å². The highest BCUT2D eigenvalue weighted by Crippen LogP contribution is 2.32. The summed E-state index contributed by atoms with van der Waals surface area (Å²) < 4.78 is 0. The average Bonchev–Trinajstić information content (AvgIpc) is 3.60. The standard InChI is InChI=1S/C23H21N9O2/c1-13-14(2-3-19(33)22-28-8-9-29-22)20(18-12-24-4-5-26-18)16(31-13)10-17-21(27-7-6-25-17)15-11-30-32-23(15)34/h4-12,15,25,31H,2-3H2,1H3,(H,28,29)(H,32,34). The van der Waals surface area contributed by atoms with Crippen LogP contribution in [0.3, 0.4) is 0 Å². The zero-order valence-corrected chi connectivity index (χ0v) is 18.2. The van der Waals surface area contributed by atoms with Gasteiger partial charge in [0.05, 0.1) is 29.0 Å². The molecule has 1 atom stereocenters. The van der Waals surface area contributed by atoms with Crippen molar-refractivity contribution in [2.75, 3.05) is 0 Å². The van der Waals surface area contributed by atoms with Crippen molar-refractivity contribution in [1.29, 1.82) is 0 Å². The largest absolute Gasteiger partial charge is 0.359 e. The van der Waals surface area contributed by atoms with Crippen LogP contribution in [0.2, 0.25) is 0 Å². The Morgan fingerprint density at radius 1 is 1.21 bits per heavy atom. The number of aryl methyl sites for hydroxylation is 1. The molecule has 0 aliphatic carbocycles. The van der Waals surface area contributed by atoms with Crippen LogP contribution in [-0.2, 0) is 11.2 Å². The number of amides is 1. The van der Waals surface area contributed by atoms with Crippen LogP contribution >= 0.6 is 0 Å². The summed E-state index contributed by atoms with van der Waals surface area (Å²) in [6, 6.07) is 0. The van der Waals surface area contributed by atoms with Crippen LogP contribution in [0, 0.1) is 12.8 Å². The highest BCUT2D eigenvalue weighted by Gasteiger charge is 2.30. The summed E-state index contributed by atoms with van der Waals surface area (Å²) >= 11 is 0. The number of rotatable bonds is 7. The van der Waals surface area contributed by atoms with E-state index in [0.29, 0.717) is 29.3 Å². The van der Waals surface area contributed by atoms with Gasteiger partial charge in [0, 0.05) is 61.1 Å². The monoisotopic (exact) mass is 455 g/mol. The van der Waals surface area contributed by atoms with Gasteiger partial charge in [-0.2, -0.15) is 5.10 Å². The van der Waals surface area contributed by atoms with Crippen molar-refractivity contribution in [3.63, 3.8) is 0 Å². The molecule has 5 heterocycles. The number of nitrogens with zero attached hydrogens (tertiary/aromatic N) is 5. The van der Waals surface area contributed by atoms with Crippen molar-refractivity contribution in [3.05, 3.63) is 71.9 Å². The summed E-state index contributed by atoms with van der Waals surface area (Å²) in [6.45, 7) is 1.95. The van der Waals surface area contributed by atoms with Crippen molar-refractivity contribution in [2.45, 2.75) is 19.8 Å². The highest BCUT2D eigenvalue weighted by atomic mass is 16.2. The molecule has 0 radical (unpaired) electrons. The fraction of sp³-hybridized carbons (Fsp3) is 0.174. The van der Waals surface area contributed by atoms with Crippen molar-refractivity contribution in [1.82, 2.24) is 35.7 Å². The third kappa shape index (κ3) is 4.06. The Kier molecular flexibility index (Phi) is 5.65. The van der Waals surface area contributed by atoms with Gasteiger partial charge in [-0.15, -0.1) is 0 Å². The molecule has 0 saturated heterocycles. The van der Waals surface area contributed by atoms with Crippen LogP contribution in [0.4, 0.5) is 0 Å². The molecule has 3 aromatic rings. The van der Waals surface area contributed by atoms with Crippen LogP contribution < -0.4 is 10.7 Å². The number of hydrazone groups is 1. The molecule has 5 rings (SSSR count). The third-order valence-corrected chi connectivity index (χ3v) is 5.60. The minimum absolute atomic E-state index is 0.0735. The fourth-order valence-electron chi connectivity index (χ4n) is 4.01. The number of H-pyrrole nitrogens is 2. The molecule has 0 spiro atoms. The first kappa shape index (κ1) is 21.2. The van der Waals surface area contributed by atoms with Crippen molar-refractivity contribution < 1.29 is 9.59 Å². The molecule has 11 heteroatoms. The number of carbonyl (C=O) groups is 2. The molecule has 0 aromatic carbocycles. The number of allylic oxidation sites excluding steroid dienone is 1. The summed E-state index contributed by atoms with van der Waals surface area (Å²) in [5.74, 6) is -0.566. The Morgan fingerprint density at radius 2 is 2.12 bits per heavy atom. The van der Waals surface area contributed by atoms with Gasteiger partial charge in [-0.25, -0.2) is 10.4 Å². The zero-order valence-electron chi connectivity index (χ0n) is 18.2. The Balaban J connectivity index is 1.53. The number of aromatic amines is 2. The first-order chi connectivity index (χ1) is 16.6. The molecule has 34 heavy (non-hydrogen) atoms. The summed E-state index contributed by atoms with van der Waals surface area (Å²) in [5, 5.41) is 7.03. The number of ketones is 1. The van der Waals surface area contributed by atoms with Crippen LogP contribution in [0.15, 0.2) is 59.2 Å². The first-order valence-electron chi connectivity index (χ1n) is 10.7. The van der Waals surface area contributed by atoms with E-state index in [1.165, 1.54) is 6.21 Å². The molecular formula is C23H21N9O2. The van der Waals surface area contributed by atoms with Gasteiger partial charge in [0.1, 0.15) is 5.92 Å². The molecule has 3 aromatic heterocycles. The maximum absolute atomic E-state index is 12.6. The second-order valence-corrected chi connectivity index (χ2v) is 7.73. The number of aromatic nitrogens is 5. The quantitative estimate of drug-likeness (QED) is 0.399. The van der Waals surface area contributed by atoms with E-state index >= 15 is 0 Å². The zero-order chi connectivity index (χ0) is 23.5. The molecule has 170 valence electrons. The number of Topliss-reactive ketones (excluding diaryl/α,β-unsaturated/α-hetero) is 1. The average molecular weight is 455 g/mol. The van der Waals surface area contributed by atoms with Gasteiger partial charge >= 0.3 is 0 Å². The van der Waals surface area contributed by atoms with Crippen LogP contribution in [0.1, 0.15) is 34.0 Å². The predicted octanol–water partition coefficient (Wildman–Crippen LogP) is 1.91. The lowest BCUT2D eigenvalue weighted by atomic mass is 9.97. The molecule has 1 amide bonds. The lowest BCUT2D eigenvalue weighted by molar-refractivity contribution is -0.120. The normalized spacial score (nSPS) is 18.1. The van der Waals surface area contributed by atoms with Crippen molar-refractivity contribution in [3.8, 4) is 11.3 Å². The van der Waals surface area contributed by atoms with E-state index in [2.05, 4.69) is 45.8 Å². The van der Waals surface area contributed by atoms with E-state index < -0.39 is 5.92 Å². The van der Waals surface area contributed by atoms with E-state index in [4.69, 9.17) is 0 Å². The summed E-state index contributed by atoms with van der Waals surface area (Å²) in [5.41, 5.74) is 7.78. The first-order valence-corrected chi connectivity index (χ1v) is 10.7. The van der Waals surface area contributed by atoms with Crippen molar-refractivity contribution in [2.24, 2.45) is 16.0 Å². The number of hydrogen-bond acceptors (Lipinski definition) is 8. The SMILES string of the molecule is Cc1[nH]c(C=C2NC=CN=C2C2C=NNC2=O)c(-c2cnccn2)c1CCC(=O)c1ncc[nH]1. The predicted molar refractivity (Wildman–Crippen MR) is 126 cm³/mol. The van der Waals surface area contributed by atoms with Gasteiger partial charge in [0.15, 0.2) is 11.6 Å². The highest BCUT2D eigenvalue weighted by molar-refractivity contribution is 6.24. The number of nitrogens with one attached hydrogen (secondary N) is 4. The topological polar surface area (TPSA) is 153 Å². The minimum Gasteiger partial charge on any atom is -0.359 e. The molecule has 0 saturated carbocycles. The second kappa shape index (κ2) is 9.06. The van der Waals surface area contributed by atoms with Gasteiger partial charge in [-0.05, 0) is 25.0 Å². The lowest BCUT2D eigenvalue weighted by Gasteiger charge is -2.16. The summed E-state index contributed by atoms with van der Waals surface area (Å²) in [6.07, 6.45) is 15.6. The van der Waals surface area contributed by atoms with Crippen LogP contribution in [0.5, 0.6) is 0 Å². The Bertz CT molecular complexity index is 1350. The van der Waals surface area contributed by atoms with Gasteiger partial charge < -0.3 is 15.3 Å². The summed E-state index contributed by atoms with van der Waals surface area (Å²) in [7, 11) is 0. The van der Waals surface area contributed by atoms with E-state index in [9.17, 15) is 9.59 Å². The maximum Gasteiger partial charge on any atom is 0.254 e. The molecule has 2 aliphatic rings. The molecule has 0 bridgehead atoms. The Hall–Kier alpha value is -4.67. The van der Waals surface area contributed by atoms with Gasteiger partial charge in [-0.1, -0.05) is 0 Å². The lowest BCUT2D eigenvalue weighted by Crippen LogP contribution is -2.32. The van der Waals surface area contributed by atoms with E-state index in [0.717, 1.165) is 22.5 Å². The molecular weight excluding hydrogens is 434 g/mol. The second-order valence-electron chi connectivity index (χ2n) is 7.73. The Morgan fingerprint density at radius 3 is 2.85 bits per heavy atom. The van der Waals surface area contributed by atoms with Crippen LogP contribution in [-0.4, -0.2) is 48.5 Å². The van der Waals surface area contributed by atoms with Gasteiger partial charge in [0.2, 0.25) is 0 Å². The number of carbonyl (C=O) groups excluding carboxylic acids is 2. The van der Waals surface area contributed by atoms with Gasteiger partial charge in [-0.3, -0.25) is 24.5 Å². The smallest absolute Gasteiger partial charge is 0.254 e. The number of aliphatic imine (C=N–C) groups is 1. The van der Waals surface area contributed by atoms with Gasteiger partial charge in [0.25, 0.3) is 5.91 Å². The summed E-state index contributed by atoms with van der Waals surface area (Å²) in [4.78, 5) is 48.2. The molecule has 11 nitrogen and oxygen atoms in total. The molecule has 2 aliphatic heterocycles. The number of hydrogen-bond donors (Lipinski definition) is 4. The third-order valence-electron chi connectivity index (χ3n) is 5.60. The Labute approximate surface area is 194 Å². The maximum atomic E-state index is 12.6.